The molecular weight excluding hydrogens is 402 g/mol. The molecule has 7 heteroatoms. The van der Waals surface area contributed by atoms with Crippen LogP contribution in [0.15, 0.2) is 41.8 Å². The summed E-state index contributed by atoms with van der Waals surface area (Å²) in [4.78, 5) is 21.9. The van der Waals surface area contributed by atoms with Crippen LogP contribution in [0.25, 0.3) is 10.4 Å². The second-order valence-electron chi connectivity index (χ2n) is 7.49. The number of amides is 1. The third kappa shape index (κ3) is 3.37. The second-order valence-corrected chi connectivity index (χ2v) is 9.48. The van der Waals surface area contributed by atoms with Gasteiger partial charge >= 0.3 is 0 Å². The number of hydrogen-bond donors (Lipinski definition) is 1. The van der Waals surface area contributed by atoms with Crippen molar-refractivity contribution >= 4 is 33.7 Å². The predicted octanol–water partition coefficient (Wildman–Crippen LogP) is 4.62. The van der Waals surface area contributed by atoms with Crippen LogP contribution in [0.3, 0.4) is 0 Å². The standard InChI is InChI=1S/C22H23N3O2S2/c1-23-21-24-17(14-28-21)20(26)25-10-8-22(9-11-25)16-13-19(15-5-3-2-4-6-15)29-18(16)7-12-27-22/h2-6,13-14H,7-12H2,1H3,(H,23,24). The SMILES string of the molecule is CNc1nc(C(=O)N2CCC3(CC2)OCCc2sc(-c4ccccc4)cc23)cs1. The number of carbonyl (C=O) groups excluding carboxylic acids is 1. The number of hydrogen-bond acceptors (Lipinski definition) is 6. The lowest BCUT2D eigenvalue weighted by Gasteiger charge is -2.43. The van der Waals surface area contributed by atoms with Gasteiger partial charge in [-0.05, 0) is 30.0 Å². The number of rotatable bonds is 3. The molecule has 1 spiro atoms. The third-order valence-corrected chi connectivity index (χ3v) is 7.96. The van der Waals surface area contributed by atoms with Gasteiger partial charge in [0.15, 0.2) is 5.13 Å². The van der Waals surface area contributed by atoms with E-state index < -0.39 is 0 Å². The maximum atomic E-state index is 12.8. The van der Waals surface area contributed by atoms with Crippen molar-refractivity contribution in [2.75, 3.05) is 32.1 Å². The number of likely N-dealkylation sites (tertiary alicyclic amines) is 1. The largest absolute Gasteiger partial charge is 0.370 e. The molecule has 2 aliphatic rings. The van der Waals surface area contributed by atoms with E-state index in [0.29, 0.717) is 18.8 Å². The van der Waals surface area contributed by atoms with Crippen LogP contribution >= 0.6 is 22.7 Å². The third-order valence-electron chi connectivity index (χ3n) is 5.86. The number of thiophene rings is 1. The number of fused-ring (bicyclic) bond motifs is 2. The smallest absolute Gasteiger partial charge is 0.273 e. The van der Waals surface area contributed by atoms with Crippen LogP contribution in [-0.4, -0.2) is 42.5 Å². The van der Waals surface area contributed by atoms with Crippen molar-refractivity contribution in [3.05, 3.63) is 57.9 Å². The molecule has 2 aromatic heterocycles. The topological polar surface area (TPSA) is 54.5 Å². The van der Waals surface area contributed by atoms with Gasteiger partial charge in [-0.1, -0.05) is 30.3 Å². The Kier molecular flexibility index (Phi) is 4.89. The minimum absolute atomic E-state index is 0.0175. The van der Waals surface area contributed by atoms with E-state index in [9.17, 15) is 4.79 Å². The van der Waals surface area contributed by atoms with E-state index in [0.717, 1.165) is 31.0 Å². The molecule has 5 nitrogen and oxygen atoms in total. The van der Waals surface area contributed by atoms with Crippen molar-refractivity contribution < 1.29 is 9.53 Å². The van der Waals surface area contributed by atoms with Gasteiger partial charge in [0.1, 0.15) is 5.69 Å². The Morgan fingerprint density at radius 3 is 2.76 bits per heavy atom. The number of carbonyl (C=O) groups is 1. The van der Waals surface area contributed by atoms with E-state index >= 15 is 0 Å². The average Bonchev–Trinajstić information content (AvgIpc) is 3.43. The zero-order valence-electron chi connectivity index (χ0n) is 16.3. The summed E-state index contributed by atoms with van der Waals surface area (Å²) < 4.78 is 6.38. The Hall–Kier alpha value is -2.22. The first kappa shape index (κ1) is 18.8. The molecule has 0 atom stereocenters. The van der Waals surface area contributed by atoms with Crippen LogP contribution in [0.5, 0.6) is 0 Å². The number of anilines is 1. The lowest BCUT2D eigenvalue weighted by Crippen LogP contribution is -2.48. The zero-order chi connectivity index (χ0) is 19.8. The summed E-state index contributed by atoms with van der Waals surface area (Å²) in [6, 6.07) is 12.9. The first-order valence-electron chi connectivity index (χ1n) is 9.94. The lowest BCUT2D eigenvalue weighted by molar-refractivity contribution is -0.0926. The van der Waals surface area contributed by atoms with Crippen LogP contribution in [0.2, 0.25) is 0 Å². The molecule has 5 rings (SSSR count). The van der Waals surface area contributed by atoms with Gasteiger partial charge < -0.3 is 15.0 Å². The van der Waals surface area contributed by atoms with E-state index in [1.807, 2.05) is 28.7 Å². The molecule has 0 aliphatic carbocycles. The van der Waals surface area contributed by atoms with Crippen molar-refractivity contribution in [3.8, 4) is 10.4 Å². The molecule has 4 heterocycles. The van der Waals surface area contributed by atoms with Gasteiger partial charge in [0.2, 0.25) is 0 Å². The fourth-order valence-electron chi connectivity index (χ4n) is 4.30. The van der Waals surface area contributed by atoms with Crippen molar-refractivity contribution in [3.63, 3.8) is 0 Å². The highest BCUT2D eigenvalue weighted by Crippen LogP contribution is 2.46. The highest BCUT2D eigenvalue weighted by Gasteiger charge is 2.43. The highest BCUT2D eigenvalue weighted by atomic mass is 32.1. The monoisotopic (exact) mass is 425 g/mol. The Morgan fingerprint density at radius 1 is 1.24 bits per heavy atom. The molecule has 2 aliphatic heterocycles. The first-order valence-corrected chi connectivity index (χ1v) is 11.6. The van der Waals surface area contributed by atoms with Gasteiger partial charge in [0, 0.05) is 41.7 Å². The Labute approximate surface area is 178 Å². The summed E-state index contributed by atoms with van der Waals surface area (Å²) in [6.45, 7) is 2.15. The number of nitrogens with one attached hydrogen (secondary N) is 1. The number of thiazole rings is 1. The molecule has 0 radical (unpaired) electrons. The molecule has 0 bridgehead atoms. The molecule has 0 unspecified atom stereocenters. The molecule has 0 saturated carbocycles. The molecule has 1 fully saturated rings. The Bertz CT molecular complexity index is 1020. The maximum Gasteiger partial charge on any atom is 0.273 e. The van der Waals surface area contributed by atoms with Gasteiger partial charge in [-0.25, -0.2) is 4.98 Å². The van der Waals surface area contributed by atoms with Gasteiger partial charge in [-0.15, -0.1) is 22.7 Å². The molecule has 1 aromatic carbocycles. The Morgan fingerprint density at radius 2 is 2.03 bits per heavy atom. The molecule has 1 saturated heterocycles. The number of ether oxygens (including phenoxy) is 1. The quantitative estimate of drug-likeness (QED) is 0.665. The van der Waals surface area contributed by atoms with Crippen molar-refractivity contribution in [2.45, 2.75) is 24.9 Å². The molecule has 1 N–H and O–H groups in total. The number of piperidine rings is 1. The summed E-state index contributed by atoms with van der Waals surface area (Å²) in [7, 11) is 1.82. The predicted molar refractivity (Wildman–Crippen MR) is 118 cm³/mol. The van der Waals surface area contributed by atoms with Crippen LogP contribution in [0.4, 0.5) is 5.13 Å². The lowest BCUT2D eigenvalue weighted by atomic mass is 9.82. The van der Waals surface area contributed by atoms with Gasteiger partial charge in [0.05, 0.1) is 12.2 Å². The fraction of sp³-hybridized carbons (Fsp3) is 0.364. The summed E-state index contributed by atoms with van der Waals surface area (Å²) in [5.74, 6) is 0.0175. The van der Waals surface area contributed by atoms with Crippen LogP contribution in [0, 0.1) is 0 Å². The van der Waals surface area contributed by atoms with Crippen molar-refractivity contribution in [2.24, 2.45) is 0 Å². The minimum Gasteiger partial charge on any atom is -0.370 e. The summed E-state index contributed by atoms with van der Waals surface area (Å²) in [5, 5.41) is 5.60. The minimum atomic E-state index is -0.258. The van der Waals surface area contributed by atoms with Crippen molar-refractivity contribution in [1.82, 2.24) is 9.88 Å². The summed E-state index contributed by atoms with van der Waals surface area (Å²) in [6.07, 6.45) is 2.64. The number of nitrogens with zero attached hydrogens (tertiary/aromatic N) is 2. The number of benzene rings is 1. The van der Waals surface area contributed by atoms with Crippen LogP contribution in [0.1, 0.15) is 33.8 Å². The van der Waals surface area contributed by atoms with E-state index in [-0.39, 0.29) is 11.5 Å². The highest BCUT2D eigenvalue weighted by molar-refractivity contribution is 7.15. The van der Waals surface area contributed by atoms with Crippen molar-refractivity contribution in [1.29, 1.82) is 0 Å². The van der Waals surface area contributed by atoms with E-state index in [1.165, 1.54) is 32.2 Å². The molecular formula is C22H23N3O2S2. The normalized spacial score (nSPS) is 17.9. The second kappa shape index (κ2) is 7.55. The molecule has 150 valence electrons. The first-order chi connectivity index (χ1) is 14.2. The van der Waals surface area contributed by atoms with E-state index in [2.05, 4.69) is 46.7 Å². The average molecular weight is 426 g/mol. The van der Waals surface area contributed by atoms with Gasteiger partial charge in [-0.3, -0.25) is 4.79 Å². The van der Waals surface area contributed by atoms with Crippen LogP contribution < -0.4 is 5.32 Å². The molecule has 29 heavy (non-hydrogen) atoms. The summed E-state index contributed by atoms with van der Waals surface area (Å²) >= 11 is 3.35. The molecule has 3 aromatic rings. The fourth-order valence-corrected chi connectivity index (χ4v) is 6.18. The number of aromatic nitrogens is 1. The van der Waals surface area contributed by atoms with Gasteiger partial charge in [0.25, 0.3) is 5.91 Å². The van der Waals surface area contributed by atoms with E-state index in [4.69, 9.17) is 4.74 Å². The van der Waals surface area contributed by atoms with Crippen LogP contribution in [-0.2, 0) is 16.8 Å². The van der Waals surface area contributed by atoms with Gasteiger partial charge in [-0.2, -0.15) is 0 Å². The zero-order valence-corrected chi connectivity index (χ0v) is 17.9. The Balaban J connectivity index is 1.36. The van der Waals surface area contributed by atoms with E-state index in [1.54, 1.807) is 0 Å². The molecule has 1 amide bonds. The maximum absolute atomic E-state index is 12.8. The summed E-state index contributed by atoms with van der Waals surface area (Å²) in [5.41, 5.74) is 2.87.